The average molecular weight is 306 g/mol. The Balaban J connectivity index is 2.92. The van der Waals surface area contributed by atoms with Gasteiger partial charge in [0.2, 0.25) is 0 Å². The summed E-state index contributed by atoms with van der Waals surface area (Å²) in [6.45, 7) is 13.9. The number of ether oxygens (including phenoxy) is 1. The second-order valence-electron chi connectivity index (χ2n) is 7.14. The zero-order valence-electron chi connectivity index (χ0n) is 15.2. The number of amides is 1. The van der Waals surface area contributed by atoms with Crippen molar-refractivity contribution in [2.45, 2.75) is 66.2 Å². The zero-order valence-corrected chi connectivity index (χ0v) is 15.2. The second-order valence-corrected chi connectivity index (χ2v) is 7.14. The van der Waals surface area contributed by atoms with Crippen LogP contribution in [-0.4, -0.2) is 29.7 Å². The molecule has 0 aliphatic heterocycles. The highest BCUT2D eigenvalue weighted by molar-refractivity contribution is 5.68. The number of carbonyl (C=O) groups excluding carboxylic acids is 1. The topological polar surface area (TPSA) is 41.6 Å². The van der Waals surface area contributed by atoms with E-state index in [-0.39, 0.29) is 12.1 Å². The van der Waals surface area contributed by atoms with Crippen LogP contribution in [0.3, 0.4) is 0 Å². The molecule has 0 fully saturated rings. The summed E-state index contributed by atoms with van der Waals surface area (Å²) in [6.07, 6.45) is -0.307. The molecule has 1 aromatic rings. The summed E-state index contributed by atoms with van der Waals surface area (Å²) in [4.78, 5) is 13.8. The van der Waals surface area contributed by atoms with E-state index in [1.165, 1.54) is 5.56 Å². The smallest absolute Gasteiger partial charge is 0.410 e. The monoisotopic (exact) mass is 306 g/mol. The van der Waals surface area contributed by atoms with E-state index in [0.29, 0.717) is 6.04 Å². The number of hydrogen-bond donors (Lipinski definition) is 1. The summed E-state index contributed by atoms with van der Waals surface area (Å²) in [6, 6.07) is 6.57. The maximum atomic E-state index is 12.2. The predicted molar refractivity (Wildman–Crippen MR) is 92.3 cm³/mol. The van der Waals surface area contributed by atoms with Crippen molar-refractivity contribution in [3.63, 3.8) is 0 Å². The van der Waals surface area contributed by atoms with Crippen LogP contribution in [0.2, 0.25) is 0 Å². The molecule has 22 heavy (non-hydrogen) atoms. The number of aryl methyl sites for hydroxylation is 1. The summed E-state index contributed by atoms with van der Waals surface area (Å²) in [5, 5.41) is 3.44. The minimum atomic E-state index is -0.483. The zero-order chi connectivity index (χ0) is 17.1. The third-order valence-corrected chi connectivity index (χ3v) is 3.45. The van der Waals surface area contributed by atoms with Crippen LogP contribution < -0.4 is 5.32 Å². The van der Waals surface area contributed by atoms with Crippen LogP contribution in [0.15, 0.2) is 18.2 Å². The third kappa shape index (κ3) is 5.24. The lowest BCUT2D eigenvalue weighted by atomic mass is 10.0. The molecule has 0 aliphatic rings. The average Bonchev–Trinajstić information content (AvgIpc) is 2.37. The molecule has 0 aliphatic carbocycles. The van der Waals surface area contributed by atoms with Crippen molar-refractivity contribution in [1.29, 1.82) is 0 Å². The molecule has 0 radical (unpaired) electrons. The van der Waals surface area contributed by atoms with Gasteiger partial charge < -0.3 is 15.0 Å². The number of hydrogen-bond acceptors (Lipinski definition) is 3. The lowest BCUT2D eigenvalue weighted by Gasteiger charge is -2.29. The molecule has 0 bridgehead atoms. The molecule has 4 nitrogen and oxygen atoms in total. The number of nitrogens with one attached hydrogen (secondary N) is 1. The Kier molecular flexibility index (Phi) is 5.86. The molecule has 4 heteroatoms. The summed E-state index contributed by atoms with van der Waals surface area (Å²) in [5.74, 6) is 0. The number of anilines is 1. The van der Waals surface area contributed by atoms with E-state index >= 15 is 0 Å². The SMILES string of the molecule is Cc1ccc([C@H](C)N(C)C(=O)OC(C)(C)C)cc1NC(C)C. The highest BCUT2D eigenvalue weighted by Gasteiger charge is 2.24. The van der Waals surface area contributed by atoms with Crippen molar-refractivity contribution in [1.82, 2.24) is 4.90 Å². The van der Waals surface area contributed by atoms with Gasteiger partial charge in [0.15, 0.2) is 0 Å². The van der Waals surface area contributed by atoms with Crippen LogP contribution in [-0.2, 0) is 4.74 Å². The summed E-state index contributed by atoms with van der Waals surface area (Å²) >= 11 is 0. The van der Waals surface area contributed by atoms with E-state index in [9.17, 15) is 4.79 Å². The number of nitrogens with zero attached hydrogens (tertiary/aromatic N) is 1. The lowest BCUT2D eigenvalue weighted by molar-refractivity contribution is 0.0234. The van der Waals surface area contributed by atoms with Gasteiger partial charge in [0.05, 0.1) is 6.04 Å². The first-order valence-electron chi connectivity index (χ1n) is 7.84. The Morgan fingerprint density at radius 1 is 1.23 bits per heavy atom. The van der Waals surface area contributed by atoms with Crippen molar-refractivity contribution in [3.8, 4) is 0 Å². The Hall–Kier alpha value is -1.71. The Labute approximate surface area is 134 Å². The molecule has 0 spiro atoms. The van der Waals surface area contributed by atoms with Gasteiger partial charge >= 0.3 is 6.09 Å². The summed E-state index contributed by atoms with van der Waals surface area (Å²) < 4.78 is 5.43. The highest BCUT2D eigenvalue weighted by atomic mass is 16.6. The molecule has 124 valence electrons. The van der Waals surface area contributed by atoms with Gasteiger partial charge in [-0.3, -0.25) is 0 Å². The highest BCUT2D eigenvalue weighted by Crippen LogP contribution is 2.26. The lowest BCUT2D eigenvalue weighted by Crippen LogP contribution is -2.35. The fourth-order valence-electron chi connectivity index (χ4n) is 2.08. The van der Waals surface area contributed by atoms with Crippen molar-refractivity contribution >= 4 is 11.8 Å². The van der Waals surface area contributed by atoms with Crippen LogP contribution in [0.25, 0.3) is 0 Å². The minimum absolute atomic E-state index is 0.0526. The van der Waals surface area contributed by atoms with Gasteiger partial charge in [0, 0.05) is 18.8 Å². The van der Waals surface area contributed by atoms with E-state index in [0.717, 1.165) is 11.3 Å². The fraction of sp³-hybridized carbons (Fsp3) is 0.611. The molecule has 1 atom stereocenters. The quantitative estimate of drug-likeness (QED) is 0.873. The number of rotatable bonds is 4. The molecule has 0 saturated carbocycles. The first kappa shape index (κ1) is 18.3. The van der Waals surface area contributed by atoms with Crippen molar-refractivity contribution in [2.24, 2.45) is 0 Å². The third-order valence-electron chi connectivity index (χ3n) is 3.45. The Bertz CT molecular complexity index is 518. The Morgan fingerprint density at radius 2 is 1.82 bits per heavy atom. The molecular weight excluding hydrogens is 276 g/mol. The molecule has 1 amide bonds. The largest absolute Gasteiger partial charge is 0.444 e. The fourth-order valence-corrected chi connectivity index (χ4v) is 2.08. The maximum Gasteiger partial charge on any atom is 0.410 e. The molecular formula is C18H30N2O2. The second kappa shape index (κ2) is 7.03. The number of benzene rings is 1. The van der Waals surface area contributed by atoms with Crippen LogP contribution in [0, 0.1) is 6.92 Å². The van der Waals surface area contributed by atoms with E-state index in [4.69, 9.17) is 4.74 Å². The molecule has 0 aromatic heterocycles. The van der Waals surface area contributed by atoms with Crippen molar-refractivity contribution in [2.75, 3.05) is 12.4 Å². The maximum absolute atomic E-state index is 12.2. The van der Waals surface area contributed by atoms with Crippen LogP contribution in [0.4, 0.5) is 10.5 Å². The van der Waals surface area contributed by atoms with E-state index < -0.39 is 5.60 Å². The summed E-state index contributed by atoms with van der Waals surface area (Å²) in [7, 11) is 1.77. The first-order chi connectivity index (χ1) is 10.0. The van der Waals surface area contributed by atoms with Crippen molar-refractivity contribution < 1.29 is 9.53 Å². The van der Waals surface area contributed by atoms with Gasteiger partial charge in [-0.2, -0.15) is 0 Å². The van der Waals surface area contributed by atoms with E-state index in [2.05, 4.69) is 44.3 Å². The molecule has 1 rings (SSSR count). The van der Waals surface area contributed by atoms with E-state index in [1.807, 2.05) is 27.7 Å². The van der Waals surface area contributed by atoms with Gasteiger partial charge in [-0.25, -0.2) is 4.79 Å². The number of carbonyl (C=O) groups is 1. The Morgan fingerprint density at radius 3 is 2.32 bits per heavy atom. The molecule has 1 aromatic carbocycles. The van der Waals surface area contributed by atoms with Gasteiger partial charge in [-0.1, -0.05) is 12.1 Å². The molecule has 0 heterocycles. The standard InChI is InChI=1S/C18H30N2O2/c1-12(2)19-16-11-15(10-9-13(16)3)14(4)20(8)17(21)22-18(5,6)7/h9-12,14,19H,1-8H3/t14-/m0/s1. The molecule has 0 saturated heterocycles. The van der Waals surface area contributed by atoms with Gasteiger partial charge in [0.1, 0.15) is 5.60 Å². The summed E-state index contributed by atoms with van der Waals surface area (Å²) in [5.41, 5.74) is 2.91. The normalized spacial score (nSPS) is 13.0. The van der Waals surface area contributed by atoms with Crippen molar-refractivity contribution in [3.05, 3.63) is 29.3 Å². The first-order valence-corrected chi connectivity index (χ1v) is 7.84. The molecule has 0 unspecified atom stereocenters. The van der Waals surface area contributed by atoms with Gasteiger partial charge in [-0.05, 0) is 65.7 Å². The van der Waals surface area contributed by atoms with Crippen LogP contribution >= 0.6 is 0 Å². The van der Waals surface area contributed by atoms with Crippen LogP contribution in [0.1, 0.15) is 58.7 Å². The van der Waals surface area contributed by atoms with Gasteiger partial charge in [-0.15, -0.1) is 0 Å². The van der Waals surface area contributed by atoms with E-state index in [1.54, 1.807) is 11.9 Å². The minimum Gasteiger partial charge on any atom is -0.444 e. The van der Waals surface area contributed by atoms with Crippen LogP contribution in [0.5, 0.6) is 0 Å². The molecule has 1 N–H and O–H groups in total. The van der Waals surface area contributed by atoms with Gasteiger partial charge in [0.25, 0.3) is 0 Å². The predicted octanol–water partition coefficient (Wildman–Crippen LogP) is 4.74.